The number of carbonyl (C=O) groups is 2. The second-order valence-corrected chi connectivity index (χ2v) is 11.0. The van der Waals surface area contributed by atoms with Gasteiger partial charge in [0.2, 0.25) is 11.8 Å². The van der Waals surface area contributed by atoms with Gasteiger partial charge in [-0.2, -0.15) is 0 Å². The Labute approximate surface area is 206 Å². The van der Waals surface area contributed by atoms with Gasteiger partial charge in [-0.1, -0.05) is 48.2 Å². The fourth-order valence-electron chi connectivity index (χ4n) is 7.00. The van der Waals surface area contributed by atoms with Crippen LogP contribution in [0.1, 0.15) is 73.1 Å². The average molecular weight is 481 g/mol. The van der Waals surface area contributed by atoms with Crippen molar-refractivity contribution in [2.75, 3.05) is 19.6 Å². The first-order valence-corrected chi connectivity index (χ1v) is 12.8. The van der Waals surface area contributed by atoms with E-state index in [1.807, 2.05) is 4.90 Å². The van der Waals surface area contributed by atoms with E-state index in [1.54, 1.807) is 0 Å². The van der Waals surface area contributed by atoms with Crippen LogP contribution in [0, 0.1) is 30.9 Å². The van der Waals surface area contributed by atoms with Crippen molar-refractivity contribution in [1.82, 2.24) is 10.2 Å². The zero-order chi connectivity index (χ0) is 24.8. The summed E-state index contributed by atoms with van der Waals surface area (Å²) in [6.07, 6.45) is 5.39. The van der Waals surface area contributed by atoms with Gasteiger partial charge in [0.05, 0.1) is 5.41 Å². The second-order valence-electron chi connectivity index (χ2n) is 11.0. The molecule has 1 unspecified atom stereocenters. The van der Waals surface area contributed by atoms with Crippen molar-refractivity contribution in [2.24, 2.45) is 5.41 Å². The summed E-state index contributed by atoms with van der Waals surface area (Å²) in [5, 5.41) is 2.88. The van der Waals surface area contributed by atoms with Crippen molar-refractivity contribution in [3.05, 3.63) is 70.3 Å². The van der Waals surface area contributed by atoms with Gasteiger partial charge >= 0.3 is 0 Å². The number of nitrogens with one attached hydrogen (secondary N) is 1. The van der Waals surface area contributed by atoms with Crippen LogP contribution in [0.3, 0.4) is 0 Å². The molecule has 3 aliphatic rings. The van der Waals surface area contributed by atoms with E-state index in [9.17, 15) is 18.4 Å². The monoisotopic (exact) mass is 480 g/mol. The summed E-state index contributed by atoms with van der Waals surface area (Å²) in [4.78, 5) is 28.5. The van der Waals surface area contributed by atoms with E-state index in [0.29, 0.717) is 44.5 Å². The van der Waals surface area contributed by atoms with Gasteiger partial charge in [-0.15, -0.1) is 0 Å². The van der Waals surface area contributed by atoms with Crippen molar-refractivity contribution in [3.63, 3.8) is 0 Å². The number of hydrogen-bond acceptors (Lipinski definition) is 2. The van der Waals surface area contributed by atoms with Gasteiger partial charge in [-0.3, -0.25) is 9.59 Å². The summed E-state index contributed by atoms with van der Waals surface area (Å²) in [6.45, 7) is 5.60. The predicted molar refractivity (Wildman–Crippen MR) is 131 cm³/mol. The highest BCUT2D eigenvalue weighted by molar-refractivity contribution is 5.89. The Morgan fingerprint density at radius 3 is 2.26 bits per heavy atom. The van der Waals surface area contributed by atoms with Gasteiger partial charge in [0.1, 0.15) is 11.6 Å². The minimum atomic E-state index is -0.603. The third-order valence-corrected chi connectivity index (χ3v) is 8.78. The van der Waals surface area contributed by atoms with E-state index in [1.165, 1.54) is 23.3 Å². The smallest absolute Gasteiger partial charge is 0.233 e. The van der Waals surface area contributed by atoms with Crippen molar-refractivity contribution >= 4 is 11.8 Å². The normalized spacial score (nSPS) is 23.4. The van der Waals surface area contributed by atoms with Gasteiger partial charge in [0, 0.05) is 38.0 Å². The molecule has 1 saturated carbocycles. The van der Waals surface area contributed by atoms with Gasteiger partial charge in [-0.05, 0) is 62.1 Å². The first-order chi connectivity index (χ1) is 16.7. The molecule has 5 rings (SSSR count). The van der Waals surface area contributed by atoms with Crippen LogP contribution in [-0.2, 0) is 15.0 Å². The number of benzene rings is 2. The van der Waals surface area contributed by atoms with Gasteiger partial charge in [0.25, 0.3) is 0 Å². The van der Waals surface area contributed by atoms with E-state index >= 15 is 0 Å². The van der Waals surface area contributed by atoms with Crippen LogP contribution in [-0.4, -0.2) is 36.3 Å². The molecule has 2 saturated heterocycles. The SMILES string of the molecule is Cc1cc(C)cc(C2(C(=O)N3CCC4(CC3)CC(=O)NCC4c3ccc(F)cc3F)CCCC2)c1. The molecule has 1 N–H and O–H groups in total. The number of aryl methyl sites for hydroxylation is 2. The van der Waals surface area contributed by atoms with Crippen molar-refractivity contribution in [1.29, 1.82) is 0 Å². The maximum absolute atomic E-state index is 14.8. The van der Waals surface area contributed by atoms with Gasteiger partial charge in [0.15, 0.2) is 0 Å². The molecule has 6 heteroatoms. The first-order valence-electron chi connectivity index (χ1n) is 12.8. The summed E-state index contributed by atoms with van der Waals surface area (Å²) in [7, 11) is 0. The van der Waals surface area contributed by atoms with Gasteiger partial charge in [-0.25, -0.2) is 8.78 Å². The zero-order valence-corrected chi connectivity index (χ0v) is 20.6. The van der Waals surface area contributed by atoms with Gasteiger partial charge < -0.3 is 10.2 Å². The number of carbonyl (C=O) groups excluding carboxylic acids is 2. The number of likely N-dealkylation sites (tertiary alicyclic amines) is 1. The highest BCUT2D eigenvalue weighted by Crippen LogP contribution is 2.51. The molecule has 1 spiro atoms. The molecule has 35 heavy (non-hydrogen) atoms. The molecule has 2 aliphatic heterocycles. The molecule has 3 fully saturated rings. The zero-order valence-electron chi connectivity index (χ0n) is 20.6. The maximum atomic E-state index is 14.8. The quantitative estimate of drug-likeness (QED) is 0.648. The third-order valence-electron chi connectivity index (χ3n) is 8.78. The standard InChI is InChI=1S/C29H34F2N2O2/c1-19-13-20(2)15-21(14-19)29(7-3-4-8-29)27(35)33-11-9-28(10-12-33)17-26(34)32-18-24(28)23-6-5-22(30)16-25(23)31/h5-6,13-16,24H,3-4,7-12,17-18H2,1-2H3,(H,32,34). The summed E-state index contributed by atoms with van der Waals surface area (Å²) >= 11 is 0. The van der Waals surface area contributed by atoms with Crippen LogP contribution in [0.25, 0.3) is 0 Å². The number of piperidine rings is 2. The van der Waals surface area contributed by atoms with Crippen LogP contribution < -0.4 is 5.32 Å². The lowest BCUT2D eigenvalue weighted by atomic mass is 9.62. The van der Waals surface area contributed by atoms with Crippen molar-refractivity contribution in [2.45, 2.75) is 70.1 Å². The summed E-state index contributed by atoms with van der Waals surface area (Å²) in [5.74, 6) is -1.25. The summed E-state index contributed by atoms with van der Waals surface area (Å²) in [6, 6.07) is 10.2. The second kappa shape index (κ2) is 9.03. The van der Waals surface area contributed by atoms with Crippen LogP contribution in [0.4, 0.5) is 8.78 Å². The number of nitrogens with zero attached hydrogens (tertiary/aromatic N) is 1. The average Bonchev–Trinajstić information content (AvgIpc) is 3.31. The maximum Gasteiger partial charge on any atom is 0.233 e. The molecule has 2 aromatic carbocycles. The molecule has 0 aromatic heterocycles. The lowest BCUT2D eigenvalue weighted by Gasteiger charge is -2.50. The van der Waals surface area contributed by atoms with Crippen molar-refractivity contribution in [3.8, 4) is 0 Å². The minimum absolute atomic E-state index is 0.0361. The largest absolute Gasteiger partial charge is 0.355 e. The van der Waals surface area contributed by atoms with E-state index < -0.39 is 22.5 Å². The van der Waals surface area contributed by atoms with Crippen molar-refractivity contribution < 1.29 is 18.4 Å². The van der Waals surface area contributed by atoms with E-state index in [2.05, 4.69) is 37.4 Å². The number of rotatable bonds is 3. The number of hydrogen-bond donors (Lipinski definition) is 1. The Kier molecular flexibility index (Phi) is 6.18. The highest BCUT2D eigenvalue weighted by Gasteiger charge is 2.50. The molecular weight excluding hydrogens is 446 g/mol. The molecule has 1 atom stereocenters. The lowest BCUT2D eigenvalue weighted by Crippen LogP contribution is -2.55. The molecule has 2 amide bonds. The fraction of sp³-hybridized carbons (Fsp3) is 0.517. The summed E-state index contributed by atoms with van der Waals surface area (Å²) < 4.78 is 28.3. The predicted octanol–water partition coefficient (Wildman–Crippen LogP) is 5.31. The van der Waals surface area contributed by atoms with E-state index in [4.69, 9.17) is 0 Å². The Morgan fingerprint density at radius 2 is 1.63 bits per heavy atom. The molecule has 2 aromatic rings. The lowest BCUT2D eigenvalue weighted by molar-refractivity contribution is -0.141. The molecular formula is C29H34F2N2O2. The molecule has 1 aliphatic carbocycles. The first kappa shape index (κ1) is 24.0. The summed E-state index contributed by atoms with van der Waals surface area (Å²) in [5.41, 5.74) is 3.02. The Hall–Kier alpha value is -2.76. The topological polar surface area (TPSA) is 49.4 Å². The fourth-order valence-corrected chi connectivity index (χ4v) is 7.00. The Bertz CT molecular complexity index is 1130. The van der Waals surface area contributed by atoms with Crippen LogP contribution in [0.5, 0.6) is 0 Å². The third kappa shape index (κ3) is 4.25. The van der Waals surface area contributed by atoms with E-state index in [-0.39, 0.29) is 17.7 Å². The number of amides is 2. The molecule has 4 nitrogen and oxygen atoms in total. The number of halogens is 2. The molecule has 2 heterocycles. The van der Waals surface area contributed by atoms with Crippen LogP contribution in [0.15, 0.2) is 36.4 Å². The van der Waals surface area contributed by atoms with Crippen LogP contribution in [0.2, 0.25) is 0 Å². The molecule has 0 radical (unpaired) electrons. The minimum Gasteiger partial charge on any atom is -0.355 e. The Morgan fingerprint density at radius 1 is 0.971 bits per heavy atom. The Balaban J connectivity index is 1.40. The van der Waals surface area contributed by atoms with E-state index in [0.717, 1.165) is 37.3 Å². The highest BCUT2D eigenvalue weighted by atomic mass is 19.1. The van der Waals surface area contributed by atoms with Crippen LogP contribution >= 0.6 is 0 Å². The molecule has 0 bridgehead atoms. The molecule has 186 valence electrons.